The molecule has 0 aliphatic carbocycles. The fraction of sp³-hybridized carbons (Fsp3) is 0.364. The fourth-order valence-electron chi connectivity index (χ4n) is 1.56. The summed E-state index contributed by atoms with van der Waals surface area (Å²) in [6, 6.07) is 4.03. The molecule has 0 aliphatic rings. The van der Waals surface area contributed by atoms with Crippen molar-refractivity contribution in [3.05, 3.63) is 30.9 Å². The van der Waals surface area contributed by atoms with E-state index in [1.54, 1.807) is 6.20 Å². The third-order valence-electron chi connectivity index (χ3n) is 2.34. The van der Waals surface area contributed by atoms with Crippen LogP contribution in [0.25, 0.3) is 0 Å². The first-order chi connectivity index (χ1) is 8.28. The third-order valence-corrected chi connectivity index (χ3v) is 2.34. The van der Waals surface area contributed by atoms with Crippen molar-refractivity contribution in [1.82, 2.24) is 19.7 Å². The summed E-state index contributed by atoms with van der Waals surface area (Å²) in [5.41, 5.74) is 0. The van der Waals surface area contributed by atoms with Crippen LogP contribution in [0.3, 0.4) is 0 Å². The van der Waals surface area contributed by atoms with Gasteiger partial charge in [-0.3, -0.25) is 4.68 Å². The van der Waals surface area contributed by atoms with Crippen molar-refractivity contribution in [3.8, 4) is 0 Å². The first kappa shape index (κ1) is 11.4. The molecule has 0 fully saturated rings. The number of nitrogens with one attached hydrogen (secondary N) is 2. The number of rotatable bonds is 5. The minimum absolute atomic E-state index is 0.245. The lowest BCUT2D eigenvalue weighted by molar-refractivity contribution is 0.559. The van der Waals surface area contributed by atoms with E-state index >= 15 is 0 Å². The van der Waals surface area contributed by atoms with Gasteiger partial charge in [0, 0.05) is 31.5 Å². The maximum Gasteiger partial charge on any atom is 0.131 e. The van der Waals surface area contributed by atoms with Crippen molar-refractivity contribution in [1.29, 1.82) is 0 Å². The zero-order chi connectivity index (χ0) is 12.1. The molecule has 90 valence electrons. The fourth-order valence-corrected chi connectivity index (χ4v) is 1.56. The maximum absolute atomic E-state index is 4.16. The number of nitrogens with zero attached hydrogens (tertiary/aromatic N) is 4. The number of hydrogen-bond acceptors (Lipinski definition) is 5. The Bertz CT molecular complexity index is 453. The molecule has 17 heavy (non-hydrogen) atoms. The van der Waals surface area contributed by atoms with E-state index in [0.29, 0.717) is 0 Å². The Balaban J connectivity index is 1.95. The molecule has 6 nitrogen and oxygen atoms in total. The van der Waals surface area contributed by atoms with Crippen LogP contribution in [0, 0.1) is 0 Å². The summed E-state index contributed by atoms with van der Waals surface area (Å²) in [6.07, 6.45) is 5.25. The normalized spacial score (nSPS) is 12.1. The van der Waals surface area contributed by atoms with Gasteiger partial charge >= 0.3 is 0 Å². The lowest BCUT2D eigenvalue weighted by Crippen LogP contribution is -2.22. The summed E-state index contributed by atoms with van der Waals surface area (Å²) >= 11 is 0. The van der Waals surface area contributed by atoms with Crippen molar-refractivity contribution >= 4 is 11.6 Å². The monoisotopic (exact) mass is 232 g/mol. The van der Waals surface area contributed by atoms with Gasteiger partial charge in [0.15, 0.2) is 0 Å². The van der Waals surface area contributed by atoms with Crippen molar-refractivity contribution in [2.45, 2.75) is 19.5 Å². The van der Waals surface area contributed by atoms with E-state index in [1.807, 2.05) is 30.1 Å². The van der Waals surface area contributed by atoms with E-state index in [2.05, 4.69) is 32.6 Å². The number of anilines is 2. The van der Waals surface area contributed by atoms with Crippen molar-refractivity contribution < 1.29 is 0 Å². The average Bonchev–Trinajstić information content (AvgIpc) is 2.82. The van der Waals surface area contributed by atoms with E-state index in [9.17, 15) is 0 Å². The Morgan fingerprint density at radius 2 is 2.18 bits per heavy atom. The Morgan fingerprint density at radius 1 is 1.35 bits per heavy atom. The predicted octanol–water partition coefficient (Wildman–Crippen LogP) is 1.22. The molecule has 0 amide bonds. The topological polar surface area (TPSA) is 67.7 Å². The summed E-state index contributed by atoms with van der Waals surface area (Å²) in [4.78, 5) is 8.23. The van der Waals surface area contributed by atoms with E-state index < -0.39 is 0 Å². The molecule has 2 aromatic rings. The van der Waals surface area contributed by atoms with Gasteiger partial charge in [-0.2, -0.15) is 5.10 Å². The van der Waals surface area contributed by atoms with Gasteiger partial charge in [0.2, 0.25) is 0 Å². The van der Waals surface area contributed by atoms with Gasteiger partial charge in [0.05, 0.1) is 6.54 Å². The van der Waals surface area contributed by atoms with Crippen molar-refractivity contribution in [3.63, 3.8) is 0 Å². The molecule has 2 N–H and O–H groups in total. The van der Waals surface area contributed by atoms with Crippen molar-refractivity contribution in [2.75, 3.05) is 17.7 Å². The third kappa shape index (κ3) is 3.17. The zero-order valence-corrected chi connectivity index (χ0v) is 9.96. The van der Waals surface area contributed by atoms with Gasteiger partial charge in [-0.1, -0.05) is 0 Å². The smallest absolute Gasteiger partial charge is 0.131 e. The van der Waals surface area contributed by atoms with Crippen LogP contribution in [0.5, 0.6) is 0 Å². The molecule has 0 radical (unpaired) electrons. The molecule has 6 heteroatoms. The van der Waals surface area contributed by atoms with Crippen LogP contribution < -0.4 is 10.6 Å². The van der Waals surface area contributed by atoms with Crippen LogP contribution in [-0.4, -0.2) is 32.8 Å². The summed E-state index contributed by atoms with van der Waals surface area (Å²) in [5, 5.41) is 10.4. The molecule has 0 spiro atoms. The summed E-state index contributed by atoms with van der Waals surface area (Å²) < 4.78 is 1.89. The SMILES string of the molecule is CNc1cc(NC(C)Cn2cccn2)ncn1. The standard InChI is InChI=1S/C11H16N6/c1-9(7-17-5-3-4-15-17)16-11-6-10(12-2)13-8-14-11/h3-6,8-9H,7H2,1-2H3,(H2,12,13,14,16). The Morgan fingerprint density at radius 3 is 2.88 bits per heavy atom. The zero-order valence-electron chi connectivity index (χ0n) is 9.96. The highest BCUT2D eigenvalue weighted by Crippen LogP contribution is 2.09. The first-order valence-electron chi connectivity index (χ1n) is 5.51. The largest absolute Gasteiger partial charge is 0.373 e. The lowest BCUT2D eigenvalue weighted by Gasteiger charge is -2.14. The molecule has 1 atom stereocenters. The number of aromatic nitrogens is 4. The van der Waals surface area contributed by atoms with Crippen LogP contribution in [0.1, 0.15) is 6.92 Å². The second-order valence-electron chi connectivity index (χ2n) is 3.81. The van der Waals surface area contributed by atoms with E-state index in [0.717, 1.165) is 18.2 Å². The molecular formula is C11H16N6. The minimum atomic E-state index is 0.245. The van der Waals surface area contributed by atoms with Crippen LogP contribution in [0.15, 0.2) is 30.9 Å². The molecule has 0 saturated carbocycles. The quantitative estimate of drug-likeness (QED) is 0.811. The molecule has 2 rings (SSSR count). The summed E-state index contributed by atoms with van der Waals surface area (Å²) in [6.45, 7) is 2.88. The minimum Gasteiger partial charge on any atom is -0.373 e. The Hall–Kier alpha value is -2.11. The van der Waals surface area contributed by atoms with Crippen LogP contribution >= 0.6 is 0 Å². The molecule has 2 heterocycles. The van der Waals surface area contributed by atoms with Crippen molar-refractivity contribution in [2.24, 2.45) is 0 Å². The van der Waals surface area contributed by atoms with Gasteiger partial charge < -0.3 is 10.6 Å². The highest BCUT2D eigenvalue weighted by atomic mass is 15.3. The second-order valence-corrected chi connectivity index (χ2v) is 3.81. The highest BCUT2D eigenvalue weighted by molar-refractivity contribution is 5.46. The van der Waals surface area contributed by atoms with Gasteiger partial charge in [0.1, 0.15) is 18.0 Å². The predicted molar refractivity (Wildman–Crippen MR) is 66.9 cm³/mol. The van der Waals surface area contributed by atoms with E-state index in [4.69, 9.17) is 0 Å². The van der Waals surface area contributed by atoms with Crippen LogP contribution in [0.2, 0.25) is 0 Å². The molecule has 0 aromatic carbocycles. The molecule has 0 aliphatic heterocycles. The molecular weight excluding hydrogens is 216 g/mol. The van der Waals surface area contributed by atoms with Gasteiger partial charge in [-0.25, -0.2) is 9.97 Å². The van der Waals surface area contributed by atoms with E-state index in [1.165, 1.54) is 6.33 Å². The maximum atomic E-state index is 4.16. The van der Waals surface area contributed by atoms with Gasteiger partial charge in [-0.05, 0) is 13.0 Å². The molecule has 0 bridgehead atoms. The molecule has 0 saturated heterocycles. The highest BCUT2D eigenvalue weighted by Gasteiger charge is 2.04. The van der Waals surface area contributed by atoms with Crippen LogP contribution in [0.4, 0.5) is 11.6 Å². The first-order valence-corrected chi connectivity index (χ1v) is 5.51. The van der Waals surface area contributed by atoms with Gasteiger partial charge in [-0.15, -0.1) is 0 Å². The summed E-state index contributed by atoms with van der Waals surface area (Å²) in [5.74, 6) is 1.61. The summed E-state index contributed by atoms with van der Waals surface area (Å²) in [7, 11) is 1.83. The average molecular weight is 232 g/mol. The Labute approximate surface area is 100 Å². The van der Waals surface area contributed by atoms with Crippen LogP contribution in [-0.2, 0) is 6.54 Å². The molecule has 2 aromatic heterocycles. The van der Waals surface area contributed by atoms with Gasteiger partial charge in [0.25, 0.3) is 0 Å². The number of hydrogen-bond donors (Lipinski definition) is 2. The lowest BCUT2D eigenvalue weighted by atomic mass is 10.3. The molecule has 1 unspecified atom stereocenters. The second kappa shape index (κ2) is 5.29. The Kier molecular flexibility index (Phi) is 3.54. The van der Waals surface area contributed by atoms with E-state index in [-0.39, 0.29) is 6.04 Å².